The average Bonchev–Trinajstić information content (AvgIpc) is 2.96. The Morgan fingerprint density at radius 2 is 1.80 bits per heavy atom. The summed E-state index contributed by atoms with van der Waals surface area (Å²) in [6.07, 6.45) is 1.68. The van der Waals surface area contributed by atoms with Crippen LogP contribution in [0.1, 0.15) is 49.4 Å². The molecule has 8 heteroatoms. The molecular formula is C22H26F2N4O2. The first kappa shape index (κ1) is 21.7. The molecule has 0 bridgehead atoms. The minimum absolute atomic E-state index is 0.173. The minimum Gasteiger partial charge on any atom is -0.485 e. The number of imidazole rings is 1. The highest BCUT2D eigenvalue weighted by atomic mass is 19.1. The number of aromatic nitrogens is 2. The zero-order valence-electron chi connectivity index (χ0n) is 17.7. The molecule has 1 aromatic carbocycles. The Hall–Kier alpha value is -3.00. The lowest BCUT2D eigenvalue weighted by molar-refractivity contribution is 0.0868. The maximum Gasteiger partial charge on any atom is 0.270 e. The number of nitrogens with two attached hydrogens (primary N) is 1. The second-order valence-electron chi connectivity index (χ2n) is 8.40. The van der Waals surface area contributed by atoms with E-state index in [-0.39, 0.29) is 18.1 Å². The van der Waals surface area contributed by atoms with Gasteiger partial charge in [0.25, 0.3) is 5.91 Å². The molecule has 3 aromatic rings. The van der Waals surface area contributed by atoms with Crippen LogP contribution in [0.15, 0.2) is 36.5 Å². The molecule has 6 nitrogen and oxygen atoms in total. The molecule has 0 radical (unpaired) electrons. The van der Waals surface area contributed by atoms with Crippen LogP contribution in [0.2, 0.25) is 0 Å². The van der Waals surface area contributed by atoms with Gasteiger partial charge in [-0.25, -0.2) is 13.8 Å². The molecule has 0 fully saturated rings. The fraction of sp³-hybridized carbons (Fsp3) is 0.364. The number of benzene rings is 1. The largest absolute Gasteiger partial charge is 0.485 e. The van der Waals surface area contributed by atoms with Crippen LogP contribution in [0.25, 0.3) is 5.65 Å². The SMILES string of the molecule is Cc1nc2c(OCc3c(F)cccc3F)cccn2c1C(=O)NC(C)(C)C(C)(C)N. The van der Waals surface area contributed by atoms with Crippen molar-refractivity contribution in [3.8, 4) is 5.75 Å². The van der Waals surface area contributed by atoms with E-state index in [0.29, 0.717) is 22.8 Å². The van der Waals surface area contributed by atoms with Crippen LogP contribution < -0.4 is 15.8 Å². The number of pyridine rings is 1. The lowest BCUT2D eigenvalue weighted by Crippen LogP contribution is -2.62. The standard InChI is InChI=1S/C22H26F2N4O2/c1-13-18(20(29)27-22(4,5)21(2,3)25)28-11-7-10-17(19(28)26-13)30-12-14-15(23)8-6-9-16(14)24/h6-11H,12,25H2,1-5H3,(H,27,29). The maximum atomic E-state index is 13.9. The van der Waals surface area contributed by atoms with Crippen molar-refractivity contribution < 1.29 is 18.3 Å². The number of aryl methyl sites for hydroxylation is 1. The molecule has 0 aliphatic carbocycles. The predicted octanol–water partition coefficient (Wildman–Crippen LogP) is 3.75. The van der Waals surface area contributed by atoms with Crippen LogP contribution in [0, 0.1) is 18.6 Å². The van der Waals surface area contributed by atoms with E-state index in [1.807, 2.05) is 27.7 Å². The third-order valence-electron chi connectivity index (χ3n) is 5.47. The number of rotatable bonds is 6. The van der Waals surface area contributed by atoms with Crippen molar-refractivity contribution in [3.63, 3.8) is 0 Å². The number of fused-ring (bicyclic) bond motifs is 1. The van der Waals surface area contributed by atoms with Gasteiger partial charge in [-0.3, -0.25) is 9.20 Å². The lowest BCUT2D eigenvalue weighted by Gasteiger charge is -2.39. The summed E-state index contributed by atoms with van der Waals surface area (Å²) in [5.41, 5.74) is 5.88. The molecule has 0 saturated heterocycles. The van der Waals surface area contributed by atoms with E-state index in [1.54, 1.807) is 29.7 Å². The van der Waals surface area contributed by atoms with Crippen molar-refractivity contribution in [1.29, 1.82) is 0 Å². The normalized spacial score (nSPS) is 12.3. The van der Waals surface area contributed by atoms with Crippen molar-refractivity contribution >= 4 is 11.6 Å². The number of hydrogen-bond donors (Lipinski definition) is 2. The highest BCUT2D eigenvalue weighted by molar-refractivity contribution is 5.95. The summed E-state index contributed by atoms with van der Waals surface area (Å²) in [7, 11) is 0. The summed E-state index contributed by atoms with van der Waals surface area (Å²) in [5.74, 6) is -1.40. The molecule has 3 N–H and O–H groups in total. The Bertz CT molecular complexity index is 1080. The van der Waals surface area contributed by atoms with Crippen LogP contribution in [-0.2, 0) is 6.61 Å². The van der Waals surface area contributed by atoms with E-state index in [4.69, 9.17) is 10.5 Å². The van der Waals surface area contributed by atoms with E-state index >= 15 is 0 Å². The van der Waals surface area contributed by atoms with Gasteiger partial charge >= 0.3 is 0 Å². The molecule has 0 saturated carbocycles. The Kier molecular flexibility index (Phi) is 5.56. The van der Waals surface area contributed by atoms with Crippen LogP contribution in [-0.4, -0.2) is 26.4 Å². The van der Waals surface area contributed by atoms with Crippen LogP contribution in [0.3, 0.4) is 0 Å². The molecule has 0 aliphatic rings. The van der Waals surface area contributed by atoms with E-state index in [1.165, 1.54) is 18.2 Å². The third-order valence-corrected chi connectivity index (χ3v) is 5.47. The highest BCUT2D eigenvalue weighted by Gasteiger charge is 2.36. The Labute approximate surface area is 174 Å². The molecule has 0 spiro atoms. The summed E-state index contributed by atoms with van der Waals surface area (Å²) in [6.45, 7) is 8.77. The van der Waals surface area contributed by atoms with Gasteiger partial charge in [-0.15, -0.1) is 0 Å². The highest BCUT2D eigenvalue weighted by Crippen LogP contribution is 2.25. The van der Waals surface area contributed by atoms with Crippen LogP contribution in [0.4, 0.5) is 8.78 Å². The van der Waals surface area contributed by atoms with Gasteiger partial charge in [-0.2, -0.15) is 0 Å². The van der Waals surface area contributed by atoms with Gasteiger partial charge in [0, 0.05) is 11.7 Å². The summed E-state index contributed by atoms with van der Waals surface area (Å²) >= 11 is 0. The van der Waals surface area contributed by atoms with Crippen molar-refractivity contribution in [3.05, 3.63) is 65.1 Å². The Balaban J connectivity index is 1.93. The number of nitrogens with one attached hydrogen (secondary N) is 1. The molecule has 3 rings (SSSR count). The van der Waals surface area contributed by atoms with Gasteiger partial charge in [0.1, 0.15) is 23.9 Å². The zero-order valence-corrected chi connectivity index (χ0v) is 17.7. The molecule has 0 unspecified atom stereocenters. The fourth-order valence-corrected chi connectivity index (χ4v) is 2.87. The molecule has 0 aliphatic heterocycles. The van der Waals surface area contributed by atoms with E-state index in [0.717, 1.165) is 0 Å². The Morgan fingerprint density at radius 1 is 1.17 bits per heavy atom. The molecule has 30 heavy (non-hydrogen) atoms. The molecular weight excluding hydrogens is 390 g/mol. The van der Waals surface area contributed by atoms with Crippen LogP contribution >= 0.6 is 0 Å². The second kappa shape index (κ2) is 7.68. The van der Waals surface area contributed by atoms with Crippen molar-refractivity contribution in [1.82, 2.24) is 14.7 Å². The number of nitrogens with zero attached hydrogens (tertiary/aromatic N) is 2. The predicted molar refractivity (Wildman–Crippen MR) is 110 cm³/mol. The zero-order chi connectivity index (χ0) is 22.3. The molecule has 160 valence electrons. The number of halogens is 2. The molecule has 0 atom stereocenters. The molecule has 2 heterocycles. The van der Waals surface area contributed by atoms with Crippen molar-refractivity contribution in [2.75, 3.05) is 0 Å². The summed E-state index contributed by atoms with van der Waals surface area (Å²) in [4.78, 5) is 17.5. The van der Waals surface area contributed by atoms with Gasteiger partial charge in [0.2, 0.25) is 0 Å². The number of carbonyl (C=O) groups excluding carboxylic acids is 1. The first-order valence-corrected chi connectivity index (χ1v) is 9.57. The van der Waals surface area contributed by atoms with Gasteiger partial charge in [-0.05, 0) is 58.9 Å². The first-order chi connectivity index (χ1) is 13.9. The quantitative estimate of drug-likeness (QED) is 0.641. The van der Waals surface area contributed by atoms with Gasteiger partial charge in [-0.1, -0.05) is 6.07 Å². The third kappa shape index (κ3) is 4.00. The monoisotopic (exact) mass is 416 g/mol. The van der Waals surface area contributed by atoms with Crippen molar-refractivity contribution in [2.24, 2.45) is 5.73 Å². The lowest BCUT2D eigenvalue weighted by atomic mass is 9.83. The number of hydrogen-bond acceptors (Lipinski definition) is 4. The fourth-order valence-electron chi connectivity index (χ4n) is 2.87. The minimum atomic E-state index is -0.687. The summed E-state index contributed by atoms with van der Waals surface area (Å²) in [5, 5.41) is 2.96. The van der Waals surface area contributed by atoms with Crippen molar-refractivity contribution in [2.45, 2.75) is 52.3 Å². The first-order valence-electron chi connectivity index (χ1n) is 9.57. The Morgan fingerprint density at radius 3 is 2.40 bits per heavy atom. The number of amides is 1. The summed E-state index contributed by atoms with van der Waals surface area (Å²) in [6, 6.07) is 6.95. The number of carbonyl (C=O) groups is 1. The van der Waals surface area contributed by atoms with Gasteiger partial charge in [0.15, 0.2) is 11.4 Å². The van der Waals surface area contributed by atoms with Gasteiger partial charge in [0.05, 0.1) is 16.8 Å². The average molecular weight is 416 g/mol. The summed E-state index contributed by atoms with van der Waals surface area (Å²) < 4.78 is 35.0. The van der Waals surface area contributed by atoms with E-state index in [9.17, 15) is 13.6 Å². The molecule has 2 aromatic heterocycles. The second-order valence-corrected chi connectivity index (χ2v) is 8.40. The van der Waals surface area contributed by atoms with E-state index < -0.39 is 22.7 Å². The topological polar surface area (TPSA) is 81.7 Å². The van der Waals surface area contributed by atoms with E-state index in [2.05, 4.69) is 10.3 Å². The smallest absolute Gasteiger partial charge is 0.270 e. The number of ether oxygens (including phenoxy) is 1. The maximum absolute atomic E-state index is 13.9. The van der Waals surface area contributed by atoms with Crippen LogP contribution in [0.5, 0.6) is 5.75 Å². The molecule has 1 amide bonds. The van der Waals surface area contributed by atoms with Gasteiger partial charge < -0.3 is 15.8 Å².